The predicted molar refractivity (Wildman–Crippen MR) is 71.7 cm³/mol. The third-order valence-electron chi connectivity index (χ3n) is 4.84. The fraction of sp³-hybridized carbons (Fsp3) is 0.500. The molecule has 4 nitrogen and oxygen atoms in total. The zero-order valence-corrected chi connectivity index (χ0v) is 11.2. The first-order valence-corrected chi connectivity index (χ1v) is 7.30. The van der Waals surface area contributed by atoms with Crippen LogP contribution in [-0.4, -0.2) is 35.5 Å². The Balaban J connectivity index is 1.50. The van der Waals surface area contributed by atoms with Crippen LogP contribution in [0.4, 0.5) is 0 Å². The second-order valence-corrected chi connectivity index (χ2v) is 5.91. The lowest BCUT2D eigenvalue weighted by Crippen LogP contribution is -2.35. The second-order valence-electron chi connectivity index (χ2n) is 5.91. The molecular weight excluding hydrogens is 254 g/mol. The molecule has 0 saturated carbocycles. The predicted octanol–water partition coefficient (Wildman–Crippen LogP) is 1.39. The van der Waals surface area contributed by atoms with E-state index in [0.29, 0.717) is 6.54 Å². The van der Waals surface area contributed by atoms with Crippen molar-refractivity contribution in [3.8, 4) is 0 Å². The van der Waals surface area contributed by atoms with Gasteiger partial charge in [0.05, 0.1) is 24.0 Å². The first-order chi connectivity index (χ1) is 9.75. The van der Waals surface area contributed by atoms with Crippen molar-refractivity contribution in [2.24, 2.45) is 11.8 Å². The number of ether oxygens (including phenoxy) is 1. The molecule has 2 bridgehead atoms. The SMILES string of the molecule is O=C1C2C3CCC(O3)C2C(=O)N1CCc1ccccc1. The van der Waals surface area contributed by atoms with Gasteiger partial charge < -0.3 is 4.74 Å². The van der Waals surface area contributed by atoms with Crippen molar-refractivity contribution in [1.29, 1.82) is 0 Å². The largest absolute Gasteiger partial charge is 0.373 e. The van der Waals surface area contributed by atoms with Gasteiger partial charge in [0.1, 0.15) is 0 Å². The average Bonchev–Trinajstić information content (AvgIpc) is 3.13. The summed E-state index contributed by atoms with van der Waals surface area (Å²) in [6.45, 7) is 0.494. The van der Waals surface area contributed by atoms with Gasteiger partial charge in [-0.15, -0.1) is 0 Å². The Kier molecular flexibility index (Phi) is 2.67. The second kappa shape index (κ2) is 4.42. The molecule has 3 heterocycles. The van der Waals surface area contributed by atoms with Gasteiger partial charge in [0, 0.05) is 6.54 Å². The number of benzene rings is 1. The number of rotatable bonds is 3. The van der Waals surface area contributed by atoms with Crippen LogP contribution < -0.4 is 0 Å². The lowest BCUT2D eigenvalue weighted by atomic mass is 9.81. The van der Waals surface area contributed by atoms with E-state index in [-0.39, 0.29) is 35.9 Å². The quantitative estimate of drug-likeness (QED) is 0.781. The van der Waals surface area contributed by atoms with Crippen molar-refractivity contribution >= 4 is 11.8 Å². The zero-order chi connectivity index (χ0) is 13.7. The maximum Gasteiger partial charge on any atom is 0.235 e. The minimum Gasteiger partial charge on any atom is -0.373 e. The van der Waals surface area contributed by atoms with E-state index in [1.807, 2.05) is 30.3 Å². The van der Waals surface area contributed by atoms with Crippen LogP contribution >= 0.6 is 0 Å². The summed E-state index contributed by atoms with van der Waals surface area (Å²) in [7, 11) is 0. The topological polar surface area (TPSA) is 46.6 Å². The van der Waals surface area contributed by atoms with Crippen LogP contribution in [0.25, 0.3) is 0 Å². The molecule has 3 aliphatic heterocycles. The van der Waals surface area contributed by atoms with Crippen LogP contribution in [0.3, 0.4) is 0 Å². The van der Waals surface area contributed by atoms with Gasteiger partial charge in [-0.25, -0.2) is 0 Å². The van der Waals surface area contributed by atoms with Gasteiger partial charge >= 0.3 is 0 Å². The molecule has 0 aromatic heterocycles. The number of hydrogen-bond donors (Lipinski definition) is 0. The lowest BCUT2D eigenvalue weighted by molar-refractivity contribution is -0.142. The first-order valence-electron chi connectivity index (χ1n) is 7.30. The first kappa shape index (κ1) is 12.1. The maximum absolute atomic E-state index is 12.4. The van der Waals surface area contributed by atoms with Crippen LogP contribution in [0.5, 0.6) is 0 Å². The maximum atomic E-state index is 12.4. The summed E-state index contributed by atoms with van der Waals surface area (Å²) in [5, 5.41) is 0. The van der Waals surface area contributed by atoms with Crippen molar-refractivity contribution in [2.75, 3.05) is 6.54 Å². The van der Waals surface area contributed by atoms with Crippen LogP contribution in [0.15, 0.2) is 30.3 Å². The van der Waals surface area contributed by atoms with Crippen LogP contribution in [0.1, 0.15) is 18.4 Å². The van der Waals surface area contributed by atoms with E-state index < -0.39 is 0 Å². The molecule has 4 rings (SSSR count). The van der Waals surface area contributed by atoms with Crippen molar-refractivity contribution in [1.82, 2.24) is 4.90 Å². The Morgan fingerprint density at radius 3 is 2.20 bits per heavy atom. The van der Waals surface area contributed by atoms with Crippen molar-refractivity contribution in [3.05, 3.63) is 35.9 Å². The van der Waals surface area contributed by atoms with Gasteiger partial charge in [0.25, 0.3) is 0 Å². The standard InChI is InChI=1S/C16H17NO3/c18-15-13-11-6-7-12(20-11)14(13)16(19)17(15)9-8-10-4-2-1-3-5-10/h1-5,11-14H,6-9H2. The highest BCUT2D eigenvalue weighted by Crippen LogP contribution is 2.48. The number of carbonyl (C=O) groups is 2. The zero-order valence-electron chi connectivity index (χ0n) is 11.2. The summed E-state index contributed by atoms with van der Waals surface area (Å²) in [6, 6.07) is 9.98. The minimum absolute atomic E-state index is 0.0109. The van der Waals surface area contributed by atoms with Gasteiger partial charge in [-0.3, -0.25) is 14.5 Å². The van der Waals surface area contributed by atoms with Gasteiger partial charge in [0.15, 0.2) is 0 Å². The summed E-state index contributed by atoms with van der Waals surface area (Å²) < 4.78 is 5.72. The van der Waals surface area contributed by atoms with Crippen LogP contribution in [0, 0.1) is 11.8 Å². The van der Waals surface area contributed by atoms with E-state index in [0.717, 1.165) is 24.8 Å². The third kappa shape index (κ3) is 1.64. The molecule has 1 aromatic rings. The summed E-state index contributed by atoms with van der Waals surface area (Å²) in [4.78, 5) is 26.3. The van der Waals surface area contributed by atoms with Gasteiger partial charge in [-0.1, -0.05) is 30.3 Å². The molecule has 0 N–H and O–H groups in total. The molecule has 104 valence electrons. The Hall–Kier alpha value is -1.68. The Morgan fingerprint density at radius 2 is 1.60 bits per heavy atom. The molecule has 0 radical (unpaired) electrons. The molecule has 4 atom stereocenters. The molecule has 20 heavy (non-hydrogen) atoms. The van der Waals surface area contributed by atoms with E-state index in [2.05, 4.69) is 0 Å². The number of amides is 2. The molecule has 4 unspecified atom stereocenters. The summed E-state index contributed by atoms with van der Waals surface area (Å²) in [5.41, 5.74) is 1.16. The van der Waals surface area contributed by atoms with Gasteiger partial charge in [-0.05, 0) is 24.8 Å². The third-order valence-corrected chi connectivity index (χ3v) is 4.84. The normalized spacial score (nSPS) is 34.9. The van der Waals surface area contributed by atoms with Crippen LogP contribution in [0.2, 0.25) is 0 Å². The minimum atomic E-state index is -0.197. The molecular formula is C16H17NO3. The Morgan fingerprint density at radius 1 is 1.00 bits per heavy atom. The number of likely N-dealkylation sites (tertiary alicyclic amines) is 1. The monoisotopic (exact) mass is 271 g/mol. The Bertz CT molecular complexity index is 528. The number of carbonyl (C=O) groups excluding carboxylic acids is 2. The molecule has 0 spiro atoms. The number of imide groups is 1. The highest BCUT2D eigenvalue weighted by Gasteiger charge is 2.62. The highest BCUT2D eigenvalue weighted by molar-refractivity contribution is 6.06. The molecule has 1 aromatic carbocycles. The molecule has 3 fully saturated rings. The molecule has 2 amide bonds. The number of hydrogen-bond acceptors (Lipinski definition) is 3. The van der Waals surface area contributed by atoms with E-state index in [4.69, 9.17) is 4.74 Å². The Labute approximate surface area is 117 Å². The van der Waals surface area contributed by atoms with E-state index in [1.54, 1.807) is 0 Å². The molecule has 4 heteroatoms. The van der Waals surface area contributed by atoms with E-state index in [9.17, 15) is 9.59 Å². The van der Waals surface area contributed by atoms with Crippen molar-refractivity contribution in [3.63, 3.8) is 0 Å². The summed E-state index contributed by atoms with van der Waals surface area (Å²) >= 11 is 0. The summed E-state index contributed by atoms with van der Waals surface area (Å²) in [6.07, 6.45) is 2.56. The van der Waals surface area contributed by atoms with E-state index >= 15 is 0 Å². The van der Waals surface area contributed by atoms with Gasteiger partial charge in [-0.2, -0.15) is 0 Å². The highest BCUT2D eigenvalue weighted by atomic mass is 16.5. The smallest absolute Gasteiger partial charge is 0.235 e. The van der Waals surface area contributed by atoms with Gasteiger partial charge in [0.2, 0.25) is 11.8 Å². The van der Waals surface area contributed by atoms with E-state index in [1.165, 1.54) is 4.90 Å². The van der Waals surface area contributed by atoms with Crippen molar-refractivity contribution < 1.29 is 14.3 Å². The summed E-state index contributed by atoms with van der Waals surface area (Å²) in [5.74, 6) is -0.416. The molecule has 3 saturated heterocycles. The van der Waals surface area contributed by atoms with Crippen molar-refractivity contribution in [2.45, 2.75) is 31.5 Å². The van der Waals surface area contributed by atoms with Crippen LogP contribution in [-0.2, 0) is 20.7 Å². The molecule has 0 aliphatic carbocycles. The fourth-order valence-corrected chi connectivity index (χ4v) is 3.88. The molecule has 3 aliphatic rings. The average molecular weight is 271 g/mol. The fourth-order valence-electron chi connectivity index (χ4n) is 3.88. The number of nitrogens with zero attached hydrogens (tertiary/aromatic N) is 1. The lowest BCUT2D eigenvalue weighted by Gasteiger charge is -2.17. The number of fused-ring (bicyclic) bond motifs is 5.